The van der Waals surface area contributed by atoms with Crippen molar-refractivity contribution < 1.29 is 17.9 Å². The smallest absolute Gasteiger partial charge is 0.406 e. The lowest BCUT2D eigenvalue weighted by Gasteiger charge is -2.19. The van der Waals surface area contributed by atoms with Gasteiger partial charge in [-0.2, -0.15) is 0 Å². The Morgan fingerprint density at radius 1 is 0.690 bits per heavy atom. The molecule has 0 radical (unpaired) electrons. The van der Waals surface area contributed by atoms with Crippen molar-refractivity contribution >= 4 is 32.3 Å². The highest BCUT2D eigenvalue weighted by molar-refractivity contribution is 6.23. The summed E-state index contributed by atoms with van der Waals surface area (Å²) in [4.78, 5) is 0. The molecule has 0 saturated heterocycles. The molecule has 2 nitrogen and oxygen atoms in total. The van der Waals surface area contributed by atoms with E-state index >= 15 is 0 Å². The van der Waals surface area contributed by atoms with Gasteiger partial charge >= 0.3 is 6.36 Å². The van der Waals surface area contributed by atoms with Crippen molar-refractivity contribution in [3.05, 3.63) is 90.0 Å². The van der Waals surface area contributed by atoms with Gasteiger partial charge in [0.05, 0.1) is 6.04 Å². The van der Waals surface area contributed by atoms with E-state index in [4.69, 9.17) is 5.73 Å². The fourth-order valence-electron chi connectivity index (χ4n) is 4.09. The second kappa shape index (κ2) is 6.36. The number of rotatable bonds is 3. The second-order valence-electron chi connectivity index (χ2n) is 7.11. The van der Waals surface area contributed by atoms with E-state index in [9.17, 15) is 13.2 Å². The number of nitrogens with two attached hydrogens (primary N) is 1. The van der Waals surface area contributed by atoms with Gasteiger partial charge in [-0.1, -0.05) is 66.7 Å². The van der Waals surface area contributed by atoms with E-state index in [1.165, 1.54) is 28.3 Å². The van der Waals surface area contributed by atoms with E-state index in [0.717, 1.165) is 27.3 Å². The third kappa shape index (κ3) is 3.04. The highest BCUT2D eigenvalue weighted by atomic mass is 19.4. The van der Waals surface area contributed by atoms with Gasteiger partial charge in [-0.25, -0.2) is 0 Å². The van der Waals surface area contributed by atoms with Gasteiger partial charge in [-0.15, -0.1) is 13.2 Å². The number of hydrogen-bond acceptors (Lipinski definition) is 2. The third-order valence-electron chi connectivity index (χ3n) is 5.37. The summed E-state index contributed by atoms with van der Waals surface area (Å²) in [5.74, 6) is -0.260. The molecule has 0 aliphatic carbocycles. The van der Waals surface area contributed by atoms with Crippen molar-refractivity contribution in [1.82, 2.24) is 0 Å². The first-order chi connectivity index (χ1) is 13.9. The number of halogens is 3. The van der Waals surface area contributed by atoms with Crippen molar-refractivity contribution in [3.63, 3.8) is 0 Å². The monoisotopic (exact) mass is 391 g/mol. The van der Waals surface area contributed by atoms with Gasteiger partial charge in [0.2, 0.25) is 0 Å². The highest BCUT2D eigenvalue weighted by Gasteiger charge is 2.31. The van der Waals surface area contributed by atoms with Crippen molar-refractivity contribution in [2.45, 2.75) is 12.4 Å². The van der Waals surface area contributed by atoms with Gasteiger partial charge in [0.25, 0.3) is 0 Å². The van der Waals surface area contributed by atoms with Gasteiger partial charge in [0.1, 0.15) is 5.75 Å². The van der Waals surface area contributed by atoms with E-state index in [-0.39, 0.29) is 5.75 Å². The van der Waals surface area contributed by atoms with E-state index in [0.29, 0.717) is 0 Å². The number of alkyl halides is 3. The lowest BCUT2D eigenvalue weighted by atomic mass is 9.88. The molecule has 2 N–H and O–H groups in total. The van der Waals surface area contributed by atoms with Gasteiger partial charge in [-0.05, 0) is 55.6 Å². The normalized spacial score (nSPS) is 13.4. The van der Waals surface area contributed by atoms with Crippen LogP contribution in [0.2, 0.25) is 0 Å². The average molecular weight is 391 g/mol. The van der Waals surface area contributed by atoms with Crippen molar-refractivity contribution in [3.8, 4) is 5.75 Å². The van der Waals surface area contributed by atoms with Crippen molar-refractivity contribution in [1.29, 1.82) is 0 Å². The molecular weight excluding hydrogens is 375 g/mol. The topological polar surface area (TPSA) is 35.2 Å². The van der Waals surface area contributed by atoms with Gasteiger partial charge < -0.3 is 10.5 Å². The van der Waals surface area contributed by atoms with Crippen LogP contribution in [0.4, 0.5) is 13.2 Å². The molecule has 0 bridgehead atoms. The summed E-state index contributed by atoms with van der Waals surface area (Å²) in [5.41, 5.74) is 8.18. The molecule has 0 aromatic heterocycles. The molecule has 0 fully saturated rings. The molecule has 0 aliphatic heterocycles. The van der Waals surface area contributed by atoms with Crippen LogP contribution in [0.1, 0.15) is 17.2 Å². The fraction of sp³-hybridized carbons (Fsp3) is 0.0833. The second-order valence-corrected chi connectivity index (χ2v) is 7.11. The molecule has 0 saturated carbocycles. The lowest BCUT2D eigenvalue weighted by Crippen LogP contribution is -2.17. The van der Waals surface area contributed by atoms with Crippen LogP contribution in [0.25, 0.3) is 32.3 Å². The van der Waals surface area contributed by atoms with Crippen LogP contribution in [-0.2, 0) is 0 Å². The van der Waals surface area contributed by atoms with Crippen LogP contribution in [0.3, 0.4) is 0 Å². The van der Waals surface area contributed by atoms with Gasteiger partial charge in [0, 0.05) is 0 Å². The molecule has 0 amide bonds. The minimum atomic E-state index is -4.71. The fourth-order valence-corrected chi connectivity index (χ4v) is 4.09. The molecule has 0 unspecified atom stereocenters. The first-order valence-electron chi connectivity index (χ1n) is 9.18. The van der Waals surface area contributed by atoms with Crippen LogP contribution < -0.4 is 10.5 Å². The lowest BCUT2D eigenvalue weighted by molar-refractivity contribution is -0.274. The Bertz CT molecular complexity index is 1310. The average Bonchev–Trinajstić information content (AvgIpc) is 2.71. The molecule has 0 heterocycles. The highest BCUT2D eigenvalue weighted by Crippen LogP contribution is 2.38. The van der Waals surface area contributed by atoms with E-state index < -0.39 is 12.4 Å². The summed E-state index contributed by atoms with van der Waals surface area (Å²) in [7, 11) is 0. The molecule has 1 atom stereocenters. The summed E-state index contributed by atoms with van der Waals surface area (Å²) >= 11 is 0. The number of hydrogen-bond donors (Lipinski definition) is 1. The standard InChI is InChI=1S/C24H16F3NO/c25-24(26,27)29-18-10-6-17(7-11-18)23(28)20-13-9-16-5-4-14-2-1-3-15-8-12-19(20)22(16)21(14)15/h1-13,23H,28H2/t23-/m0/s1. The maximum absolute atomic E-state index is 12.4. The zero-order chi connectivity index (χ0) is 20.2. The molecule has 5 aromatic rings. The molecule has 5 heteroatoms. The summed E-state index contributed by atoms with van der Waals surface area (Å²) < 4.78 is 41.1. The first kappa shape index (κ1) is 17.8. The van der Waals surface area contributed by atoms with E-state index in [2.05, 4.69) is 41.1 Å². The minimum absolute atomic E-state index is 0.260. The van der Waals surface area contributed by atoms with Crippen molar-refractivity contribution in [2.24, 2.45) is 5.73 Å². The Labute approximate surface area is 164 Å². The molecule has 0 spiro atoms. The first-order valence-corrected chi connectivity index (χ1v) is 9.18. The zero-order valence-electron chi connectivity index (χ0n) is 15.2. The molecule has 144 valence electrons. The van der Waals surface area contributed by atoms with Gasteiger partial charge in [0.15, 0.2) is 0 Å². The summed E-state index contributed by atoms with van der Waals surface area (Å²) in [5, 5.41) is 6.88. The van der Waals surface area contributed by atoms with Crippen LogP contribution in [0.15, 0.2) is 78.9 Å². The zero-order valence-corrected chi connectivity index (χ0v) is 15.2. The molecule has 5 rings (SSSR count). The molecule has 29 heavy (non-hydrogen) atoms. The number of ether oxygens (including phenoxy) is 1. The Morgan fingerprint density at radius 2 is 1.28 bits per heavy atom. The Balaban J connectivity index is 1.63. The Kier molecular flexibility index (Phi) is 3.89. The maximum atomic E-state index is 12.4. The molecule has 5 aromatic carbocycles. The van der Waals surface area contributed by atoms with Gasteiger partial charge in [-0.3, -0.25) is 0 Å². The minimum Gasteiger partial charge on any atom is -0.406 e. The van der Waals surface area contributed by atoms with E-state index in [1.807, 2.05) is 18.2 Å². The maximum Gasteiger partial charge on any atom is 0.573 e. The third-order valence-corrected chi connectivity index (χ3v) is 5.37. The van der Waals surface area contributed by atoms with Crippen LogP contribution in [0, 0.1) is 0 Å². The quantitative estimate of drug-likeness (QED) is 0.355. The molecular formula is C24H16F3NO. The van der Waals surface area contributed by atoms with Crippen LogP contribution in [0.5, 0.6) is 5.75 Å². The summed E-state index contributed by atoms with van der Waals surface area (Å²) in [6.07, 6.45) is -4.71. The summed E-state index contributed by atoms with van der Waals surface area (Å²) in [6, 6.07) is 23.9. The number of benzene rings is 5. The predicted octanol–water partition coefficient (Wildman–Crippen LogP) is 6.53. The largest absolute Gasteiger partial charge is 0.573 e. The Hall–Kier alpha value is -3.31. The Morgan fingerprint density at radius 3 is 1.93 bits per heavy atom. The van der Waals surface area contributed by atoms with Crippen molar-refractivity contribution in [2.75, 3.05) is 0 Å². The SMILES string of the molecule is N[C@@H](c1ccc(OC(F)(F)F)cc1)c1ccc2ccc3cccc4ccc1c2c34. The van der Waals surface area contributed by atoms with Crippen LogP contribution >= 0.6 is 0 Å². The molecule has 0 aliphatic rings. The van der Waals surface area contributed by atoms with E-state index in [1.54, 1.807) is 12.1 Å². The summed E-state index contributed by atoms with van der Waals surface area (Å²) in [6.45, 7) is 0. The van der Waals surface area contributed by atoms with Crippen LogP contribution in [-0.4, -0.2) is 6.36 Å². The predicted molar refractivity (Wildman–Crippen MR) is 109 cm³/mol.